The van der Waals surface area contributed by atoms with Gasteiger partial charge in [-0.3, -0.25) is 0 Å². The minimum absolute atomic E-state index is 0.0616. The molecule has 0 saturated heterocycles. The van der Waals surface area contributed by atoms with Crippen molar-refractivity contribution in [3.8, 4) is 0 Å². The number of allylic oxidation sites excluding steroid dienone is 1. The molecule has 0 spiro atoms. The molecule has 0 aromatic carbocycles. The Bertz CT molecular complexity index is 152. The molecule has 0 aliphatic rings. The zero-order valence-corrected chi connectivity index (χ0v) is 12.3. The molecule has 0 atom stereocenters. The van der Waals surface area contributed by atoms with Crippen molar-refractivity contribution >= 4 is 10.5 Å². The van der Waals surface area contributed by atoms with Crippen LogP contribution >= 0.6 is 0 Å². The Balaban J connectivity index is 3.36. The summed E-state index contributed by atoms with van der Waals surface area (Å²) in [4.78, 5) is 0. The second-order valence-corrected chi connectivity index (χ2v) is 4.90. The van der Waals surface area contributed by atoms with Crippen LogP contribution in [0.25, 0.3) is 0 Å². The van der Waals surface area contributed by atoms with Crippen LogP contribution in [-0.4, -0.2) is 16.1 Å². The molecule has 0 amide bonds. The lowest BCUT2D eigenvalue weighted by molar-refractivity contribution is 0.127. The van der Waals surface area contributed by atoms with Crippen LogP contribution in [0.5, 0.6) is 0 Å². The molecule has 0 aromatic rings. The Labute approximate surface area is 92.5 Å². The lowest BCUT2D eigenvalue weighted by Crippen LogP contribution is -2.21. The van der Waals surface area contributed by atoms with Crippen LogP contribution < -0.4 is 0 Å². The molecule has 0 aliphatic heterocycles. The molecule has 0 aromatic heterocycles. The van der Waals surface area contributed by atoms with Crippen molar-refractivity contribution in [2.24, 2.45) is 0 Å². The van der Waals surface area contributed by atoms with Crippen LogP contribution in [0.15, 0.2) is 12.2 Å². The average Bonchev–Trinajstić information content (AvgIpc) is 2.16. The predicted molar refractivity (Wildman–Crippen MR) is 67.6 cm³/mol. The van der Waals surface area contributed by atoms with Gasteiger partial charge in [0.2, 0.25) is 0 Å². The maximum absolute atomic E-state index is 5.47. The molecule has 0 rings (SSSR count). The summed E-state index contributed by atoms with van der Waals surface area (Å²) in [5.41, 5.74) is 0.0616. The molecule has 84 valence electrons. The zero-order chi connectivity index (χ0) is 10.9. The van der Waals surface area contributed by atoms with Crippen molar-refractivity contribution in [1.29, 1.82) is 0 Å². The molecule has 1 nitrogen and oxygen atoms in total. The third-order valence-electron chi connectivity index (χ3n) is 2.55. The second kappa shape index (κ2) is 8.24. The lowest BCUT2D eigenvalue weighted by Gasteiger charge is -2.21. The van der Waals surface area contributed by atoms with E-state index in [1.165, 1.54) is 32.1 Å². The number of hydrogen-bond acceptors (Lipinski definition) is 1. The molecule has 0 saturated carbocycles. The van der Waals surface area contributed by atoms with Crippen molar-refractivity contribution in [2.75, 3.05) is 0 Å². The minimum Gasteiger partial charge on any atom is -0.423 e. The van der Waals surface area contributed by atoms with Gasteiger partial charge in [-0.05, 0) is 33.1 Å². The van der Waals surface area contributed by atoms with Crippen LogP contribution in [0.1, 0.15) is 59.3 Å². The fraction of sp³-hybridized carbons (Fsp3) is 0.833. The Hall–Kier alpha value is -0.0831. The van der Waals surface area contributed by atoms with E-state index in [4.69, 9.17) is 4.43 Å². The summed E-state index contributed by atoms with van der Waals surface area (Å²) in [6, 6.07) is 0. The highest BCUT2D eigenvalue weighted by atomic mass is 28.2. The summed E-state index contributed by atoms with van der Waals surface area (Å²) in [6.45, 7) is 6.56. The fourth-order valence-corrected chi connectivity index (χ4v) is 1.42. The highest BCUT2D eigenvalue weighted by Gasteiger charge is 2.11. The Kier molecular flexibility index (Phi) is 8.19. The van der Waals surface area contributed by atoms with Gasteiger partial charge in [-0.15, -0.1) is 0 Å². The summed E-state index contributed by atoms with van der Waals surface area (Å²) >= 11 is 0. The van der Waals surface area contributed by atoms with Crippen LogP contribution in [0, 0.1) is 0 Å². The van der Waals surface area contributed by atoms with Gasteiger partial charge in [0, 0.05) is 0 Å². The lowest BCUT2D eigenvalue weighted by atomic mass is 10.0. The summed E-state index contributed by atoms with van der Waals surface area (Å²) < 4.78 is 5.47. The molecule has 14 heavy (non-hydrogen) atoms. The Morgan fingerprint density at radius 1 is 1.14 bits per heavy atom. The fourth-order valence-electron chi connectivity index (χ4n) is 1.26. The van der Waals surface area contributed by atoms with Crippen LogP contribution in [0.3, 0.4) is 0 Å². The molecule has 0 fully saturated rings. The van der Waals surface area contributed by atoms with Gasteiger partial charge in [-0.1, -0.05) is 38.3 Å². The number of hydrogen-bond donors (Lipinski definition) is 0. The molecule has 0 N–H and O–H groups in total. The van der Waals surface area contributed by atoms with Gasteiger partial charge < -0.3 is 4.43 Å². The second-order valence-electron chi connectivity index (χ2n) is 4.49. The van der Waals surface area contributed by atoms with Gasteiger partial charge >= 0.3 is 0 Å². The predicted octanol–water partition coefficient (Wildman–Crippen LogP) is 2.98. The normalized spacial score (nSPS) is 12.8. The summed E-state index contributed by atoms with van der Waals surface area (Å²) in [5, 5.41) is 0. The first-order valence-electron chi connectivity index (χ1n) is 5.82. The standard InChI is InChI=1S/C12H26OSi/c1-4-5-6-7-8-9-10-11-12(2,3)13-14/h9-10H,4-8,11H2,1-3,14H3. The topological polar surface area (TPSA) is 9.23 Å². The molecule has 0 heterocycles. The molecule has 0 aliphatic carbocycles. The Morgan fingerprint density at radius 2 is 1.86 bits per heavy atom. The van der Waals surface area contributed by atoms with E-state index in [9.17, 15) is 0 Å². The largest absolute Gasteiger partial charge is 0.423 e. The highest BCUT2D eigenvalue weighted by molar-refractivity contribution is 5.98. The summed E-state index contributed by atoms with van der Waals surface area (Å²) in [7, 11) is 0.834. The van der Waals surface area contributed by atoms with Gasteiger partial charge in [-0.25, -0.2) is 0 Å². The number of rotatable bonds is 8. The van der Waals surface area contributed by atoms with Gasteiger partial charge in [0.1, 0.15) is 10.5 Å². The maximum Gasteiger partial charge on any atom is 0.146 e. The zero-order valence-electron chi connectivity index (χ0n) is 10.3. The molecule has 0 unspecified atom stereocenters. The van der Waals surface area contributed by atoms with Crippen LogP contribution in [0.4, 0.5) is 0 Å². The van der Waals surface area contributed by atoms with E-state index in [2.05, 4.69) is 32.9 Å². The SMILES string of the molecule is CCCCCCC=CCC(C)(C)O[SiH3]. The summed E-state index contributed by atoms with van der Waals surface area (Å²) in [6.07, 6.45) is 12.3. The van der Waals surface area contributed by atoms with Crippen molar-refractivity contribution in [1.82, 2.24) is 0 Å². The third-order valence-corrected chi connectivity index (χ3v) is 3.66. The molecular weight excluding hydrogens is 188 g/mol. The third kappa shape index (κ3) is 8.51. The minimum atomic E-state index is 0.0616. The smallest absolute Gasteiger partial charge is 0.146 e. The van der Waals surface area contributed by atoms with E-state index in [-0.39, 0.29) is 5.60 Å². The van der Waals surface area contributed by atoms with E-state index in [1.807, 2.05) is 0 Å². The molecule has 0 radical (unpaired) electrons. The highest BCUT2D eigenvalue weighted by Crippen LogP contribution is 2.13. The van der Waals surface area contributed by atoms with Crippen molar-refractivity contribution < 1.29 is 4.43 Å². The molecular formula is C12H26OSi. The van der Waals surface area contributed by atoms with E-state index in [0.29, 0.717) is 0 Å². The Morgan fingerprint density at radius 3 is 2.43 bits per heavy atom. The first-order chi connectivity index (χ1) is 6.62. The van der Waals surface area contributed by atoms with Gasteiger partial charge in [-0.2, -0.15) is 0 Å². The van der Waals surface area contributed by atoms with Crippen molar-refractivity contribution in [2.45, 2.75) is 64.9 Å². The van der Waals surface area contributed by atoms with Gasteiger partial charge in [0.25, 0.3) is 0 Å². The van der Waals surface area contributed by atoms with Gasteiger partial charge in [0.05, 0.1) is 5.60 Å². The first kappa shape index (κ1) is 13.9. The van der Waals surface area contributed by atoms with E-state index >= 15 is 0 Å². The van der Waals surface area contributed by atoms with Crippen molar-refractivity contribution in [3.63, 3.8) is 0 Å². The van der Waals surface area contributed by atoms with Crippen molar-refractivity contribution in [3.05, 3.63) is 12.2 Å². The summed E-state index contributed by atoms with van der Waals surface area (Å²) in [5.74, 6) is 0. The van der Waals surface area contributed by atoms with E-state index in [0.717, 1.165) is 16.9 Å². The van der Waals surface area contributed by atoms with Crippen LogP contribution in [0.2, 0.25) is 0 Å². The monoisotopic (exact) mass is 214 g/mol. The first-order valence-corrected chi connectivity index (χ1v) is 6.64. The molecule has 2 heteroatoms. The van der Waals surface area contributed by atoms with E-state index in [1.54, 1.807) is 0 Å². The van der Waals surface area contributed by atoms with Gasteiger partial charge in [0.15, 0.2) is 0 Å². The number of unbranched alkanes of at least 4 members (excludes halogenated alkanes) is 4. The quantitative estimate of drug-likeness (QED) is 0.343. The maximum atomic E-state index is 5.47. The van der Waals surface area contributed by atoms with Crippen LogP contribution in [-0.2, 0) is 4.43 Å². The van der Waals surface area contributed by atoms with E-state index < -0.39 is 0 Å². The average molecular weight is 214 g/mol. The molecule has 0 bridgehead atoms.